The van der Waals surface area contributed by atoms with E-state index in [1.807, 2.05) is 0 Å². The average molecular weight is 390 g/mol. The van der Waals surface area contributed by atoms with Crippen molar-refractivity contribution in [2.45, 2.75) is 68.7 Å². The van der Waals surface area contributed by atoms with Crippen molar-refractivity contribution in [3.05, 3.63) is 29.8 Å². The fraction of sp³-hybridized carbons (Fsp3) is 0.667. The van der Waals surface area contributed by atoms with Crippen LogP contribution in [0.4, 0.5) is 13.2 Å². The van der Waals surface area contributed by atoms with E-state index in [1.165, 1.54) is 4.31 Å². The molecule has 1 aromatic rings. The van der Waals surface area contributed by atoms with Gasteiger partial charge in [0.1, 0.15) is 0 Å². The molecular weight excluding hydrogens is 365 g/mol. The van der Waals surface area contributed by atoms with Crippen LogP contribution in [0.5, 0.6) is 0 Å². The van der Waals surface area contributed by atoms with E-state index in [4.69, 9.17) is 0 Å². The maximum absolute atomic E-state index is 12.9. The van der Waals surface area contributed by atoms with Crippen LogP contribution >= 0.6 is 0 Å². The Morgan fingerprint density at radius 3 is 2.12 bits per heavy atom. The van der Waals surface area contributed by atoms with Crippen LogP contribution < -0.4 is 0 Å². The molecule has 2 fully saturated rings. The average Bonchev–Trinajstić information content (AvgIpc) is 2.93. The monoisotopic (exact) mass is 390 g/mol. The minimum Gasteiger partial charge on any atom is -0.294 e. The first kappa shape index (κ1) is 19.6. The Morgan fingerprint density at radius 1 is 1.00 bits per heavy atom. The summed E-state index contributed by atoms with van der Waals surface area (Å²) in [5.41, 5.74) is -0.840. The first-order valence-corrected chi connectivity index (χ1v) is 10.5. The van der Waals surface area contributed by atoms with Gasteiger partial charge in [-0.25, -0.2) is 8.42 Å². The summed E-state index contributed by atoms with van der Waals surface area (Å²) in [5.74, 6) is 0. The molecule has 0 radical (unpaired) electrons. The minimum absolute atomic E-state index is 0.0753. The molecule has 0 spiro atoms. The lowest BCUT2D eigenvalue weighted by Crippen LogP contribution is -2.52. The number of rotatable bonds is 3. The van der Waals surface area contributed by atoms with Crippen LogP contribution in [0.1, 0.15) is 45.1 Å². The first-order valence-electron chi connectivity index (χ1n) is 9.05. The van der Waals surface area contributed by atoms with Gasteiger partial charge >= 0.3 is 6.18 Å². The van der Waals surface area contributed by atoms with Crippen LogP contribution in [0.15, 0.2) is 29.2 Å². The standard InChI is InChI=1S/C18H25F3N2O2S/c1-13-5-6-14(2)23(13)16-4-3-11-22(12-16)26(24,25)17-9-7-15(8-10-17)18(19,20)21/h7-10,13-14,16H,3-6,11-12H2,1-2H3/t13-,14-,16-/m1/s1. The second kappa shape index (κ2) is 7.13. The number of alkyl halides is 3. The lowest BCUT2D eigenvalue weighted by Gasteiger charge is -2.41. The van der Waals surface area contributed by atoms with E-state index in [1.54, 1.807) is 0 Å². The highest BCUT2D eigenvalue weighted by Crippen LogP contribution is 2.33. The van der Waals surface area contributed by atoms with Crippen LogP contribution in [0.3, 0.4) is 0 Å². The molecule has 3 atom stereocenters. The molecule has 1 aromatic carbocycles. The van der Waals surface area contributed by atoms with Crippen LogP contribution in [0.2, 0.25) is 0 Å². The summed E-state index contributed by atoms with van der Waals surface area (Å²) in [7, 11) is -3.78. The molecule has 4 nitrogen and oxygen atoms in total. The molecule has 0 bridgehead atoms. The van der Waals surface area contributed by atoms with Crippen molar-refractivity contribution in [1.29, 1.82) is 0 Å². The fourth-order valence-electron chi connectivity index (χ4n) is 4.28. The zero-order valence-electron chi connectivity index (χ0n) is 15.0. The molecule has 3 rings (SSSR count). The summed E-state index contributed by atoms with van der Waals surface area (Å²) in [6.45, 7) is 5.16. The number of hydrogen-bond donors (Lipinski definition) is 0. The van der Waals surface area contributed by atoms with Crippen LogP contribution in [-0.2, 0) is 16.2 Å². The zero-order chi connectivity index (χ0) is 19.1. The Kier molecular flexibility index (Phi) is 5.38. The number of sulfonamides is 1. The summed E-state index contributed by atoms with van der Waals surface area (Å²) >= 11 is 0. The van der Waals surface area contributed by atoms with Crippen molar-refractivity contribution in [1.82, 2.24) is 9.21 Å². The normalized spacial score (nSPS) is 29.2. The molecule has 2 heterocycles. The molecule has 2 saturated heterocycles. The second-order valence-corrected chi connectivity index (χ2v) is 9.34. The van der Waals surface area contributed by atoms with Gasteiger partial charge in [0, 0.05) is 31.2 Å². The number of likely N-dealkylation sites (tertiary alicyclic amines) is 1. The number of hydrogen-bond acceptors (Lipinski definition) is 3. The third-order valence-electron chi connectivity index (χ3n) is 5.62. The van der Waals surface area contributed by atoms with Gasteiger partial charge in [0.15, 0.2) is 0 Å². The van der Waals surface area contributed by atoms with Crippen molar-refractivity contribution in [3.8, 4) is 0 Å². The zero-order valence-corrected chi connectivity index (χ0v) is 15.9. The third kappa shape index (κ3) is 3.77. The van der Waals surface area contributed by atoms with Crippen molar-refractivity contribution in [2.24, 2.45) is 0 Å². The van der Waals surface area contributed by atoms with E-state index < -0.39 is 21.8 Å². The maximum Gasteiger partial charge on any atom is 0.416 e. The van der Waals surface area contributed by atoms with Gasteiger partial charge in [-0.05, 0) is 63.8 Å². The molecule has 2 aliphatic rings. The summed E-state index contributed by atoms with van der Waals surface area (Å²) in [6.07, 6.45) is -0.526. The summed E-state index contributed by atoms with van der Waals surface area (Å²) in [4.78, 5) is 2.34. The SMILES string of the molecule is C[C@@H]1CC[C@@H](C)N1[C@@H]1CCCN(S(=O)(=O)c2ccc(C(F)(F)F)cc2)C1. The number of piperidine rings is 1. The Hall–Kier alpha value is -1.12. The fourth-order valence-corrected chi connectivity index (χ4v) is 5.80. The van der Waals surface area contributed by atoms with E-state index in [0.29, 0.717) is 25.2 Å². The molecule has 0 amide bonds. The first-order chi connectivity index (χ1) is 12.1. The van der Waals surface area contributed by atoms with Gasteiger partial charge in [-0.15, -0.1) is 0 Å². The van der Waals surface area contributed by atoms with Gasteiger partial charge < -0.3 is 0 Å². The van der Waals surface area contributed by atoms with Crippen LogP contribution in [-0.4, -0.2) is 48.8 Å². The summed E-state index contributed by atoms with van der Waals surface area (Å²) in [6, 6.07) is 4.82. The molecular formula is C18H25F3N2O2S. The maximum atomic E-state index is 12.9. The van der Waals surface area contributed by atoms with Crippen LogP contribution in [0, 0.1) is 0 Å². The van der Waals surface area contributed by atoms with E-state index in [0.717, 1.165) is 49.9 Å². The Morgan fingerprint density at radius 2 is 1.58 bits per heavy atom. The molecule has 0 aromatic heterocycles. The topological polar surface area (TPSA) is 40.6 Å². The molecule has 0 aliphatic carbocycles. The number of nitrogens with zero attached hydrogens (tertiary/aromatic N) is 2. The van der Waals surface area contributed by atoms with Crippen LogP contribution in [0.25, 0.3) is 0 Å². The van der Waals surface area contributed by atoms with E-state index in [9.17, 15) is 21.6 Å². The van der Waals surface area contributed by atoms with Crippen molar-refractivity contribution >= 4 is 10.0 Å². The highest BCUT2D eigenvalue weighted by molar-refractivity contribution is 7.89. The minimum atomic E-state index is -4.47. The van der Waals surface area contributed by atoms with Gasteiger partial charge in [0.25, 0.3) is 0 Å². The highest BCUT2D eigenvalue weighted by atomic mass is 32.2. The van der Waals surface area contributed by atoms with E-state index in [-0.39, 0.29) is 10.9 Å². The van der Waals surface area contributed by atoms with Gasteiger partial charge in [0.05, 0.1) is 10.5 Å². The van der Waals surface area contributed by atoms with Gasteiger partial charge in [-0.3, -0.25) is 4.90 Å². The predicted molar refractivity (Wildman–Crippen MR) is 93.2 cm³/mol. The predicted octanol–water partition coefficient (Wildman–Crippen LogP) is 3.73. The molecule has 146 valence electrons. The lowest BCUT2D eigenvalue weighted by atomic mass is 10.0. The largest absolute Gasteiger partial charge is 0.416 e. The molecule has 2 aliphatic heterocycles. The summed E-state index contributed by atoms with van der Waals surface area (Å²) < 4.78 is 65.3. The van der Waals surface area contributed by atoms with Gasteiger partial charge in [-0.2, -0.15) is 17.5 Å². The number of halogens is 3. The van der Waals surface area contributed by atoms with Gasteiger partial charge in [0.2, 0.25) is 10.0 Å². The highest BCUT2D eigenvalue weighted by Gasteiger charge is 2.38. The Labute approximate surface area is 153 Å². The van der Waals surface area contributed by atoms with E-state index in [2.05, 4.69) is 18.7 Å². The molecule has 0 saturated carbocycles. The lowest BCUT2D eigenvalue weighted by molar-refractivity contribution is -0.137. The quantitative estimate of drug-likeness (QED) is 0.790. The van der Waals surface area contributed by atoms with Gasteiger partial charge in [-0.1, -0.05) is 0 Å². The molecule has 8 heteroatoms. The van der Waals surface area contributed by atoms with Crippen molar-refractivity contribution in [3.63, 3.8) is 0 Å². The van der Waals surface area contributed by atoms with E-state index >= 15 is 0 Å². The van der Waals surface area contributed by atoms with Crippen molar-refractivity contribution in [2.75, 3.05) is 13.1 Å². The smallest absolute Gasteiger partial charge is 0.294 e. The Balaban J connectivity index is 1.78. The molecule has 0 unspecified atom stereocenters. The molecule has 0 N–H and O–H groups in total. The third-order valence-corrected chi connectivity index (χ3v) is 7.50. The second-order valence-electron chi connectivity index (χ2n) is 7.40. The Bertz CT molecular complexity index is 724. The molecule has 26 heavy (non-hydrogen) atoms. The summed E-state index contributed by atoms with van der Waals surface area (Å²) in [5, 5.41) is 0. The van der Waals surface area contributed by atoms with Crippen molar-refractivity contribution < 1.29 is 21.6 Å². The number of benzene rings is 1.